The summed E-state index contributed by atoms with van der Waals surface area (Å²) in [6.07, 6.45) is 0. The van der Waals surface area contributed by atoms with Gasteiger partial charge in [-0.2, -0.15) is 0 Å². The number of nitrogens with zero attached hydrogens (tertiary/aromatic N) is 2. The number of aryl methyl sites for hydroxylation is 1. The molecule has 0 spiro atoms. The Labute approximate surface area is 267 Å². The molecule has 214 valence electrons. The minimum Gasteiger partial charge on any atom is -0.376 e. The summed E-state index contributed by atoms with van der Waals surface area (Å²) in [7, 11) is 0. The lowest BCUT2D eigenvalue weighted by Crippen LogP contribution is -2.60. The summed E-state index contributed by atoms with van der Waals surface area (Å²) in [5.74, 6) is 0. The van der Waals surface area contributed by atoms with Crippen LogP contribution in [-0.2, 0) is 5.41 Å². The molecule has 45 heavy (non-hydrogen) atoms. The third-order valence-corrected chi connectivity index (χ3v) is 11.4. The van der Waals surface area contributed by atoms with Gasteiger partial charge in [-0.1, -0.05) is 99.6 Å². The molecule has 6 aromatic carbocycles. The number of benzene rings is 6. The van der Waals surface area contributed by atoms with Gasteiger partial charge in [-0.25, -0.2) is 0 Å². The summed E-state index contributed by atoms with van der Waals surface area (Å²) in [6, 6.07) is 43.7. The number of hydrogen-bond donors (Lipinski definition) is 0. The third kappa shape index (κ3) is 3.30. The summed E-state index contributed by atoms with van der Waals surface area (Å²) in [5, 5.41) is 5.32. The molecule has 0 bridgehead atoms. The van der Waals surface area contributed by atoms with Gasteiger partial charge in [-0.15, -0.1) is 11.3 Å². The second-order valence-corrected chi connectivity index (χ2v) is 14.9. The van der Waals surface area contributed by atoms with Crippen molar-refractivity contribution in [3.8, 4) is 16.8 Å². The van der Waals surface area contributed by atoms with Crippen molar-refractivity contribution in [1.29, 1.82) is 0 Å². The molecule has 0 aliphatic carbocycles. The molecule has 0 atom stereocenters. The third-order valence-electron chi connectivity index (χ3n) is 10.2. The average Bonchev–Trinajstić information content (AvgIpc) is 3.58. The highest BCUT2D eigenvalue weighted by Gasteiger charge is 2.44. The molecule has 2 aliphatic rings. The van der Waals surface area contributed by atoms with E-state index in [-0.39, 0.29) is 12.3 Å². The second kappa shape index (κ2) is 8.68. The highest BCUT2D eigenvalue weighted by molar-refractivity contribution is 7.25. The minimum absolute atomic E-state index is 0.00487. The van der Waals surface area contributed by atoms with E-state index in [1.807, 2.05) is 11.3 Å². The lowest BCUT2D eigenvalue weighted by atomic mass is 9.43. The van der Waals surface area contributed by atoms with Gasteiger partial charge in [-0.3, -0.25) is 0 Å². The van der Waals surface area contributed by atoms with Gasteiger partial charge in [0.2, 0.25) is 0 Å². The molecule has 0 fully saturated rings. The smallest absolute Gasteiger partial charge is 0.333 e. The molecule has 0 saturated heterocycles. The molecule has 2 aliphatic heterocycles. The van der Waals surface area contributed by atoms with Crippen LogP contribution in [0.4, 0.5) is 11.4 Å². The van der Waals surface area contributed by atoms with Crippen molar-refractivity contribution < 1.29 is 0 Å². The van der Waals surface area contributed by atoms with Crippen LogP contribution >= 0.6 is 11.3 Å². The Balaban J connectivity index is 1.44. The maximum absolute atomic E-state index is 2.66. The molecule has 0 radical (unpaired) electrons. The SMILES string of the molecule is Cc1ccccc1N1B2c3c(cc(C(C)(C)C)cc3-n3c4ccccc4c4cccc2c43)-c2cc3sc4ccccc4c3cc21. The van der Waals surface area contributed by atoms with Crippen molar-refractivity contribution in [3.05, 3.63) is 126 Å². The Morgan fingerprint density at radius 2 is 1.36 bits per heavy atom. The van der Waals surface area contributed by atoms with Crippen molar-refractivity contribution in [2.45, 2.75) is 33.1 Å². The van der Waals surface area contributed by atoms with Gasteiger partial charge in [-0.05, 0) is 76.4 Å². The number of hydrogen-bond acceptors (Lipinski definition) is 2. The first kappa shape index (κ1) is 25.5. The van der Waals surface area contributed by atoms with Crippen molar-refractivity contribution in [2.24, 2.45) is 0 Å². The predicted molar refractivity (Wildman–Crippen MR) is 196 cm³/mol. The monoisotopic (exact) mass is 594 g/mol. The van der Waals surface area contributed by atoms with E-state index >= 15 is 0 Å². The first-order valence-corrected chi connectivity index (χ1v) is 16.7. The van der Waals surface area contributed by atoms with Crippen LogP contribution in [0.15, 0.2) is 115 Å². The largest absolute Gasteiger partial charge is 0.376 e. The van der Waals surface area contributed by atoms with Gasteiger partial charge < -0.3 is 9.38 Å². The van der Waals surface area contributed by atoms with Crippen molar-refractivity contribution in [2.75, 3.05) is 4.81 Å². The zero-order valence-corrected chi connectivity index (χ0v) is 26.7. The molecule has 4 heterocycles. The van der Waals surface area contributed by atoms with E-state index in [1.54, 1.807) is 0 Å². The molecule has 2 nitrogen and oxygen atoms in total. The number of anilines is 2. The summed E-state index contributed by atoms with van der Waals surface area (Å²) in [5.41, 5.74) is 14.6. The topological polar surface area (TPSA) is 8.17 Å². The fraction of sp³-hybridized carbons (Fsp3) is 0.122. The fourth-order valence-corrected chi connectivity index (χ4v) is 9.25. The van der Waals surface area contributed by atoms with Crippen LogP contribution in [0.1, 0.15) is 31.9 Å². The normalized spacial score (nSPS) is 13.7. The second-order valence-electron chi connectivity index (χ2n) is 13.8. The standard InChI is InChI=1S/C41H31BN2S/c1-24-12-5-8-17-33(24)44-35-22-30-27-14-7-10-19-37(27)45-38(30)23-29(35)31-20-25(41(2,3)4)21-36-39(31)42(44)32-16-11-15-28-26-13-6-9-18-34(26)43(36)40(28)32/h5-23H,1-4H3. The van der Waals surface area contributed by atoms with Crippen LogP contribution in [0.5, 0.6) is 0 Å². The molecule has 8 aromatic rings. The summed E-state index contributed by atoms with van der Waals surface area (Å²) >= 11 is 1.91. The van der Waals surface area contributed by atoms with Gasteiger partial charge in [0, 0.05) is 53.6 Å². The Morgan fingerprint density at radius 1 is 0.600 bits per heavy atom. The number of para-hydroxylation sites is 3. The van der Waals surface area contributed by atoms with E-state index in [2.05, 4.69) is 152 Å². The lowest BCUT2D eigenvalue weighted by Gasteiger charge is -2.43. The maximum Gasteiger partial charge on any atom is 0.333 e. The molecule has 0 unspecified atom stereocenters. The highest BCUT2D eigenvalue weighted by atomic mass is 32.1. The zero-order chi connectivity index (χ0) is 30.2. The minimum atomic E-state index is -0.00487. The summed E-state index contributed by atoms with van der Waals surface area (Å²) in [6.45, 7) is 9.33. The van der Waals surface area contributed by atoms with E-state index < -0.39 is 0 Å². The van der Waals surface area contributed by atoms with E-state index in [0.29, 0.717) is 0 Å². The van der Waals surface area contributed by atoms with Gasteiger partial charge in [0.05, 0.1) is 11.0 Å². The average molecular weight is 595 g/mol. The van der Waals surface area contributed by atoms with Crippen LogP contribution in [0, 0.1) is 6.92 Å². The van der Waals surface area contributed by atoms with Crippen molar-refractivity contribution in [1.82, 2.24) is 4.57 Å². The van der Waals surface area contributed by atoms with Crippen LogP contribution in [0.3, 0.4) is 0 Å². The Morgan fingerprint density at radius 3 is 2.20 bits per heavy atom. The van der Waals surface area contributed by atoms with Gasteiger partial charge in [0.25, 0.3) is 0 Å². The highest BCUT2D eigenvalue weighted by Crippen LogP contribution is 2.49. The molecule has 0 N–H and O–H groups in total. The molecular weight excluding hydrogens is 563 g/mol. The molecule has 0 amide bonds. The van der Waals surface area contributed by atoms with E-state index in [1.165, 1.54) is 92.2 Å². The summed E-state index contributed by atoms with van der Waals surface area (Å²) in [4.78, 5) is 2.66. The van der Waals surface area contributed by atoms with Crippen LogP contribution in [0.2, 0.25) is 0 Å². The van der Waals surface area contributed by atoms with Crippen LogP contribution in [0.25, 0.3) is 58.8 Å². The predicted octanol–water partition coefficient (Wildman–Crippen LogP) is 10.00. The number of thiophene rings is 1. The molecule has 0 saturated carbocycles. The zero-order valence-electron chi connectivity index (χ0n) is 25.8. The lowest BCUT2D eigenvalue weighted by molar-refractivity contribution is 0.590. The van der Waals surface area contributed by atoms with Crippen LogP contribution in [-0.4, -0.2) is 11.4 Å². The first-order valence-electron chi connectivity index (χ1n) is 15.9. The Kier molecular flexibility index (Phi) is 4.92. The summed E-state index contributed by atoms with van der Waals surface area (Å²) < 4.78 is 5.26. The van der Waals surface area contributed by atoms with Gasteiger partial charge >= 0.3 is 6.85 Å². The number of fused-ring (bicyclic) bond motifs is 10. The molecular formula is C41H31BN2S. The van der Waals surface area contributed by atoms with Crippen molar-refractivity contribution >= 4 is 82.5 Å². The van der Waals surface area contributed by atoms with E-state index in [0.717, 1.165) is 0 Å². The number of aromatic nitrogens is 1. The van der Waals surface area contributed by atoms with E-state index in [9.17, 15) is 0 Å². The van der Waals surface area contributed by atoms with Gasteiger partial charge in [0.1, 0.15) is 0 Å². The molecule has 2 aromatic heterocycles. The Hall–Kier alpha value is -4.80. The Bertz CT molecular complexity index is 2560. The first-order chi connectivity index (χ1) is 21.9. The van der Waals surface area contributed by atoms with E-state index in [4.69, 9.17) is 0 Å². The van der Waals surface area contributed by atoms with Crippen molar-refractivity contribution in [3.63, 3.8) is 0 Å². The quantitative estimate of drug-likeness (QED) is 0.172. The van der Waals surface area contributed by atoms with Crippen LogP contribution < -0.4 is 15.7 Å². The van der Waals surface area contributed by atoms with Gasteiger partial charge in [0.15, 0.2) is 0 Å². The molecule has 4 heteroatoms. The fourth-order valence-electron chi connectivity index (χ4n) is 8.12. The molecule has 10 rings (SSSR count). The maximum atomic E-state index is 2.66. The number of rotatable bonds is 1.